The van der Waals surface area contributed by atoms with Crippen LogP contribution in [0.1, 0.15) is 25.0 Å². The lowest BCUT2D eigenvalue weighted by Crippen LogP contribution is -2.48. The summed E-state index contributed by atoms with van der Waals surface area (Å²) in [6.45, 7) is 4.31. The largest absolute Gasteiger partial charge is 0.317 e. The van der Waals surface area contributed by atoms with Crippen molar-refractivity contribution < 1.29 is 28.1 Å². The van der Waals surface area contributed by atoms with Crippen molar-refractivity contribution in [1.82, 2.24) is 0 Å². The van der Waals surface area contributed by atoms with Crippen LogP contribution in [0, 0.1) is 0 Å². The van der Waals surface area contributed by atoms with E-state index in [1.807, 2.05) is 76.7 Å². The molecule has 36 heavy (non-hydrogen) atoms. The molecule has 0 aromatic heterocycles. The summed E-state index contributed by atoms with van der Waals surface area (Å²) in [5.74, 6) is 1.48. The second-order valence-electron chi connectivity index (χ2n) is 10.0. The molecule has 2 aromatic rings. The van der Waals surface area contributed by atoms with Crippen LogP contribution in [0.2, 0.25) is 0 Å². The number of amides is 2. The van der Waals surface area contributed by atoms with Gasteiger partial charge in [-0.3, -0.25) is 18.6 Å². The molecule has 0 spiro atoms. The van der Waals surface area contributed by atoms with Crippen molar-refractivity contribution in [3.63, 3.8) is 0 Å². The first-order valence-electron chi connectivity index (χ1n) is 12.0. The van der Waals surface area contributed by atoms with E-state index in [0.717, 1.165) is 22.3 Å². The molecule has 8 heteroatoms. The van der Waals surface area contributed by atoms with Gasteiger partial charge in [0.15, 0.2) is 10.2 Å². The van der Waals surface area contributed by atoms with Crippen LogP contribution in [-0.4, -0.2) is 83.8 Å². The monoisotopic (exact) mass is 530 g/mol. The predicted molar refractivity (Wildman–Crippen MR) is 150 cm³/mol. The Morgan fingerprint density at radius 3 is 1.17 bits per heavy atom. The lowest BCUT2D eigenvalue weighted by atomic mass is 10.0. The highest BCUT2D eigenvalue weighted by atomic mass is 32.2. The number of nitrogens with zero attached hydrogens (tertiary/aromatic N) is 2. The Morgan fingerprint density at radius 2 is 0.889 bits per heavy atom. The molecular formula is C28H38N2O4S2+2. The topological polar surface area (TPSA) is 68.3 Å². The molecule has 194 valence electrons. The summed E-state index contributed by atoms with van der Waals surface area (Å²) in [6.07, 6.45) is 0.691. The van der Waals surface area contributed by atoms with Crippen molar-refractivity contribution in [3.8, 4) is 11.1 Å². The molecule has 0 aliphatic carbocycles. The van der Waals surface area contributed by atoms with E-state index in [9.17, 15) is 19.2 Å². The Hall–Kier alpha value is -2.26. The van der Waals surface area contributed by atoms with Crippen molar-refractivity contribution in [2.45, 2.75) is 26.7 Å². The van der Waals surface area contributed by atoms with Gasteiger partial charge < -0.3 is 0 Å². The number of rotatable bonds is 11. The fourth-order valence-electron chi connectivity index (χ4n) is 3.49. The molecule has 0 saturated carbocycles. The molecule has 0 bridgehead atoms. The van der Waals surface area contributed by atoms with Gasteiger partial charge in [-0.2, -0.15) is 0 Å². The van der Waals surface area contributed by atoms with E-state index in [4.69, 9.17) is 0 Å². The van der Waals surface area contributed by atoms with E-state index in [-0.39, 0.29) is 31.0 Å². The lowest BCUT2D eigenvalue weighted by Gasteiger charge is -2.26. The van der Waals surface area contributed by atoms with Crippen LogP contribution in [0.15, 0.2) is 48.5 Å². The van der Waals surface area contributed by atoms with Gasteiger partial charge in [0.05, 0.1) is 65.6 Å². The van der Waals surface area contributed by atoms with Crippen LogP contribution in [0.3, 0.4) is 0 Å². The molecular weight excluding hydrogens is 492 g/mol. The zero-order valence-electron chi connectivity index (χ0n) is 22.2. The molecule has 0 saturated heterocycles. The van der Waals surface area contributed by atoms with Crippen molar-refractivity contribution in [1.29, 1.82) is 0 Å². The van der Waals surface area contributed by atoms with Gasteiger partial charge in [-0.15, -0.1) is 0 Å². The molecule has 2 aromatic carbocycles. The first-order valence-corrected chi connectivity index (χ1v) is 13.9. The maximum atomic E-state index is 12.8. The maximum absolute atomic E-state index is 12.8. The number of benzene rings is 2. The molecule has 6 nitrogen and oxygen atoms in total. The minimum Gasteiger partial charge on any atom is -0.288 e. The average molecular weight is 531 g/mol. The van der Waals surface area contributed by atoms with E-state index in [1.165, 1.54) is 23.5 Å². The van der Waals surface area contributed by atoms with Gasteiger partial charge in [-0.25, -0.2) is 9.59 Å². The highest BCUT2D eigenvalue weighted by molar-refractivity contribution is 8.13. The maximum Gasteiger partial charge on any atom is 0.317 e. The van der Waals surface area contributed by atoms with Gasteiger partial charge >= 0.3 is 11.8 Å². The first-order chi connectivity index (χ1) is 16.8. The molecule has 0 heterocycles. The molecule has 2 amide bonds. The van der Waals surface area contributed by atoms with Gasteiger partial charge in [0.2, 0.25) is 0 Å². The minimum absolute atomic E-state index is 0.0704. The van der Waals surface area contributed by atoms with Crippen LogP contribution in [0.25, 0.3) is 11.1 Å². The molecule has 0 aliphatic rings. The Labute approximate surface area is 223 Å². The third-order valence-corrected chi connectivity index (χ3v) is 7.80. The minimum atomic E-state index is 0.0704. The average Bonchev–Trinajstić information content (AvgIpc) is 2.79. The van der Waals surface area contributed by atoms with Crippen LogP contribution < -0.4 is 0 Å². The molecule has 0 unspecified atom stereocenters. The Morgan fingerprint density at radius 1 is 0.583 bits per heavy atom. The number of likely N-dealkylation sites (N-methyl/N-ethyl adjacent to an activating group) is 2. The molecule has 0 radical (unpaired) electrons. The predicted octanol–water partition coefficient (Wildman–Crippen LogP) is 4.20. The zero-order chi connectivity index (χ0) is 26.9. The second kappa shape index (κ2) is 13.3. The number of thioether (sulfide) groups is 2. The standard InChI is InChI=1S/C28H38N2O4S2/c1-21(31)35-17-15-29(3,4)27(33)19-23-7-11-25(12-8-23)26-13-9-24(10-14-26)20-28(34)30(5,6)16-18-36-22(2)32/h7-14H,15-20H2,1-6H3/q+2. The van der Waals surface area contributed by atoms with E-state index in [1.54, 1.807) is 13.8 Å². The summed E-state index contributed by atoms with van der Waals surface area (Å²) in [4.78, 5) is 47.9. The summed E-state index contributed by atoms with van der Waals surface area (Å²) < 4.78 is 0.487. The third kappa shape index (κ3) is 9.65. The van der Waals surface area contributed by atoms with E-state index >= 15 is 0 Å². The highest BCUT2D eigenvalue weighted by Gasteiger charge is 2.27. The van der Waals surface area contributed by atoms with Crippen LogP contribution in [0.4, 0.5) is 0 Å². The summed E-state index contributed by atoms with van der Waals surface area (Å²) in [5, 5.41) is 0.141. The van der Waals surface area contributed by atoms with Crippen LogP contribution >= 0.6 is 23.5 Å². The van der Waals surface area contributed by atoms with Crippen molar-refractivity contribution in [2.24, 2.45) is 0 Å². The normalized spacial score (nSPS) is 11.8. The lowest BCUT2D eigenvalue weighted by molar-refractivity contribution is -0.811. The summed E-state index contributed by atoms with van der Waals surface area (Å²) in [5.41, 5.74) is 4.01. The quantitative estimate of drug-likeness (QED) is 0.406. The SMILES string of the molecule is CC(=O)SCC[N+](C)(C)C(=O)Cc1ccc(-c2ccc(CC(=O)[N+](C)(C)CCSC(C)=O)cc2)cc1. The summed E-state index contributed by atoms with van der Waals surface area (Å²) in [7, 11) is 7.53. The number of carbonyl (C=O) groups excluding carboxylic acids is 4. The number of carbonyl (C=O) groups is 4. The zero-order valence-corrected chi connectivity index (χ0v) is 23.8. The van der Waals surface area contributed by atoms with Gasteiger partial charge in [0.1, 0.15) is 0 Å². The summed E-state index contributed by atoms with van der Waals surface area (Å²) in [6, 6.07) is 16.0. The first kappa shape index (κ1) is 30.0. The van der Waals surface area contributed by atoms with Gasteiger partial charge in [-0.1, -0.05) is 72.1 Å². The number of hydrogen-bond acceptors (Lipinski definition) is 6. The van der Waals surface area contributed by atoms with E-state index < -0.39 is 0 Å². The summed E-state index contributed by atoms with van der Waals surface area (Å²) >= 11 is 2.50. The van der Waals surface area contributed by atoms with E-state index in [2.05, 4.69) is 0 Å². The smallest absolute Gasteiger partial charge is 0.288 e. The molecule has 0 atom stereocenters. The molecule has 0 N–H and O–H groups in total. The Balaban J connectivity index is 1.95. The van der Waals surface area contributed by atoms with Gasteiger partial charge in [-0.05, 0) is 22.3 Å². The third-order valence-electron chi connectivity index (χ3n) is 6.21. The molecule has 0 fully saturated rings. The highest BCUT2D eigenvalue weighted by Crippen LogP contribution is 2.22. The Kier molecular flexibility index (Phi) is 11.1. The molecule has 2 rings (SSSR count). The number of hydrogen-bond donors (Lipinski definition) is 0. The van der Waals surface area contributed by atoms with E-state index in [0.29, 0.717) is 37.4 Å². The van der Waals surface area contributed by atoms with Gasteiger partial charge in [0.25, 0.3) is 0 Å². The van der Waals surface area contributed by atoms with Crippen molar-refractivity contribution >= 4 is 45.6 Å². The Bertz CT molecular complexity index is 990. The molecule has 0 aliphatic heterocycles. The van der Waals surface area contributed by atoms with Crippen LogP contribution in [-0.2, 0) is 32.0 Å². The van der Waals surface area contributed by atoms with Crippen LogP contribution in [0.5, 0.6) is 0 Å². The fraction of sp³-hybridized carbons (Fsp3) is 0.429. The second-order valence-corrected chi connectivity index (χ2v) is 12.6. The van der Waals surface area contributed by atoms with Crippen molar-refractivity contribution in [2.75, 3.05) is 52.8 Å². The van der Waals surface area contributed by atoms with Gasteiger partial charge in [0, 0.05) is 13.8 Å². The van der Waals surface area contributed by atoms with Crippen molar-refractivity contribution in [3.05, 3.63) is 59.7 Å². The number of quaternary nitrogens is 2. The fourth-order valence-corrected chi connectivity index (χ4v) is 5.16.